The van der Waals surface area contributed by atoms with Crippen LogP contribution in [0, 0.1) is 5.92 Å². The normalized spacial score (nSPS) is 21.9. The van der Waals surface area contributed by atoms with Gasteiger partial charge in [0.15, 0.2) is 5.84 Å². The third kappa shape index (κ3) is 3.95. The summed E-state index contributed by atoms with van der Waals surface area (Å²) in [5.74, 6) is -0.0936. The van der Waals surface area contributed by atoms with Gasteiger partial charge in [0.1, 0.15) is 0 Å². The molecule has 1 aliphatic rings. The van der Waals surface area contributed by atoms with E-state index in [1.807, 2.05) is 0 Å². The zero-order chi connectivity index (χ0) is 12.2. The average molecular weight is 250 g/mol. The Labute approximate surface area is 95.1 Å². The summed E-state index contributed by atoms with van der Waals surface area (Å²) in [6.45, 7) is 0. The van der Waals surface area contributed by atoms with Crippen molar-refractivity contribution >= 4 is 16.0 Å². The van der Waals surface area contributed by atoms with Crippen LogP contribution >= 0.6 is 0 Å². The predicted molar refractivity (Wildman–Crippen MR) is 60.0 cm³/mol. The molecule has 6 N–H and O–H groups in total. The van der Waals surface area contributed by atoms with Gasteiger partial charge in [0.25, 0.3) is 10.2 Å². The number of oxime groups is 1. The molecule has 0 saturated heterocycles. The number of hydrogen-bond donors (Lipinski definition) is 4. The summed E-state index contributed by atoms with van der Waals surface area (Å²) in [5, 5.41) is 16.4. The van der Waals surface area contributed by atoms with E-state index in [1.165, 1.54) is 0 Å². The molecule has 94 valence electrons. The Morgan fingerprint density at radius 3 is 2.38 bits per heavy atom. The standard InChI is InChI=1S/C8H18N4O3S/c9-8(11-13)7(12-16(10,14)15)6-4-2-1-3-5-6/h6-7,12-13H,1-5H2,(H2,9,11)(H2,10,14,15). The fraction of sp³-hybridized carbons (Fsp3) is 0.875. The van der Waals surface area contributed by atoms with Crippen LogP contribution in [-0.4, -0.2) is 25.5 Å². The first-order valence-electron chi connectivity index (χ1n) is 5.21. The number of nitrogens with one attached hydrogen (secondary N) is 1. The van der Waals surface area contributed by atoms with Crippen molar-refractivity contribution < 1.29 is 13.6 Å². The topological polar surface area (TPSA) is 131 Å². The molecular weight excluding hydrogens is 232 g/mol. The van der Waals surface area contributed by atoms with E-state index in [2.05, 4.69) is 9.88 Å². The monoisotopic (exact) mass is 250 g/mol. The van der Waals surface area contributed by atoms with Crippen molar-refractivity contribution in [2.24, 2.45) is 21.9 Å². The van der Waals surface area contributed by atoms with Crippen LogP contribution in [-0.2, 0) is 10.2 Å². The maximum atomic E-state index is 11.0. The molecule has 1 aliphatic carbocycles. The van der Waals surface area contributed by atoms with Gasteiger partial charge in [0.2, 0.25) is 0 Å². The van der Waals surface area contributed by atoms with Crippen molar-refractivity contribution in [3.63, 3.8) is 0 Å². The van der Waals surface area contributed by atoms with Gasteiger partial charge in [-0.2, -0.15) is 13.1 Å². The van der Waals surface area contributed by atoms with Gasteiger partial charge < -0.3 is 10.9 Å². The second-order valence-electron chi connectivity index (χ2n) is 4.06. The van der Waals surface area contributed by atoms with Gasteiger partial charge in [0.05, 0.1) is 6.04 Å². The Balaban J connectivity index is 2.78. The Kier molecular flexibility index (Phi) is 4.51. The molecule has 1 unspecified atom stereocenters. The highest BCUT2D eigenvalue weighted by Gasteiger charge is 2.29. The molecule has 1 atom stereocenters. The number of rotatable bonds is 4. The van der Waals surface area contributed by atoms with E-state index in [-0.39, 0.29) is 11.8 Å². The van der Waals surface area contributed by atoms with E-state index in [9.17, 15) is 8.42 Å². The molecule has 8 heteroatoms. The fourth-order valence-corrected chi connectivity index (χ4v) is 2.77. The van der Waals surface area contributed by atoms with Gasteiger partial charge in [-0.1, -0.05) is 24.4 Å². The third-order valence-corrected chi connectivity index (χ3v) is 3.43. The molecular formula is C8H18N4O3S. The maximum absolute atomic E-state index is 11.0. The third-order valence-electron chi connectivity index (χ3n) is 2.85. The van der Waals surface area contributed by atoms with E-state index in [4.69, 9.17) is 16.1 Å². The minimum atomic E-state index is -3.85. The molecule has 7 nitrogen and oxygen atoms in total. The minimum absolute atomic E-state index is 0.0444. The van der Waals surface area contributed by atoms with Gasteiger partial charge in [-0.05, 0) is 18.8 Å². The zero-order valence-corrected chi connectivity index (χ0v) is 9.78. The van der Waals surface area contributed by atoms with E-state index < -0.39 is 16.3 Å². The SMILES string of the molecule is NC(=NO)C(NS(N)(=O)=O)C1CCCCC1. The summed E-state index contributed by atoms with van der Waals surface area (Å²) in [7, 11) is -3.85. The van der Waals surface area contributed by atoms with Crippen LogP contribution in [0.4, 0.5) is 0 Å². The summed E-state index contributed by atoms with van der Waals surface area (Å²) in [5.41, 5.74) is 5.47. The van der Waals surface area contributed by atoms with Crippen LogP contribution in [0.5, 0.6) is 0 Å². The molecule has 0 amide bonds. The van der Waals surface area contributed by atoms with E-state index >= 15 is 0 Å². The zero-order valence-electron chi connectivity index (χ0n) is 8.96. The highest BCUT2D eigenvalue weighted by atomic mass is 32.2. The summed E-state index contributed by atoms with van der Waals surface area (Å²) >= 11 is 0. The molecule has 1 rings (SSSR count). The minimum Gasteiger partial charge on any atom is -0.409 e. The number of nitrogens with two attached hydrogens (primary N) is 2. The lowest BCUT2D eigenvalue weighted by Crippen LogP contribution is -2.51. The second kappa shape index (κ2) is 5.46. The van der Waals surface area contributed by atoms with E-state index in [0.29, 0.717) is 0 Å². The van der Waals surface area contributed by atoms with Crippen LogP contribution in [0.3, 0.4) is 0 Å². The predicted octanol–water partition coefficient (Wildman–Crippen LogP) is -0.525. The Hall–Kier alpha value is -0.860. The first-order chi connectivity index (χ1) is 7.44. The Bertz CT molecular complexity index is 348. The summed E-state index contributed by atoms with van der Waals surface area (Å²) in [4.78, 5) is 0. The molecule has 0 heterocycles. The lowest BCUT2D eigenvalue weighted by Gasteiger charge is -2.29. The summed E-state index contributed by atoms with van der Waals surface area (Å²) < 4.78 is 24.2. The lowest BCUT2D eigenvalue weighted by molar-refractivity contribution is 0.297. The second-order valence-corrected chi connectivity index (χ2v) is 5.39. The van der Waals surface area contributed by atoms with Crippen molar-refractivity contribution in [1.29, 1.82) is 0 Å². The first kappa shape index (κ1) is 13.2. The van der Waals surface area contributed by atoms with Gasteiger partial charge in [-0.3, -0.25) is 0 Å². The van der Waals surface area contributed by atoms with Gasteiger partial charge in [-0.15, -0.1) is 0 Å². The average Bonchev–Trinajstić information content (AvgIpc) is 2.25. The van der Waals surface area contributed by atoms with Gasteiger partial charge in [-0.25, -0.2) is 5.14 Å². The largest absolute Gasteiger partial charge is 0.409 e. The summed E-state index contributed by atoms with van der Waals surface area (Å²) in [6.07, 6.45) is 4.87. The molecule has 0 aromatic rings. The fourth-order valence-electron chi connectivity index (χ4n) is 2.10. The number of hydrogen-bond acceptors (Lipinski definition) is 4. The Morgan fingerprint density at radius 1 is 1.38 bits per heavy atom. The molecule has 0 spiro atoms. The number of amidine groups is 1. The van der Waals surface area contributed by atoms with Crippen molar-refractivity contribution in [1.82, 2.24) is 4.72 Å². The van der Waals surface area contributed by atoms with Crippen molar-refractivity contribution in [3.05, 3.63) is 0 Å². The maximum Gasteiger partial charge on any atom is 0.275 e. The highest BCUT2D eigenvalue weighted by Crippen LogP contribution is 2.26. The summed E-state index contributed by atoms with van der Waals surface area (Å²) in [6, 6.07) is -0.708. The molecule has 0 aromatic carbocycles. The lowest BCUT2D eigenvalue weighted by atomic mass is 9.84. The molecule has 16 heavy (non-hydrogen) atoms. The van der Waals surface area contributed by atoms with Crippen LogP contribution in [0.25, 0.3) is 0 Å². The smallest absolute Gasteiger partial charge is 0.275 e. The van der Waals surface area contributed by atoms with E-state index in [0.717, 1.165) is 32.1 Å². The van der Waals surface area contributed by atoms with Crippen LogP contribution < -0.4 is 15.6 Å². The molecule has 1 saturated carbocycles. The molecule has 1 fully saturated rings. The van der Waals surface area contributed by atoms with Crippen LogP contribution in [0.1, 0.15) is 32.1 Å². The van der Waals surface area contributed by atoms with Crippen LogP contribution in [0.15, 0.2) is 5.16 Å². The van der Waals surface area contributed by atoms with Crippen molar-refractivity contribution in [2.45, 2.75) is 38.1 Å². The van der Waals surface area contributed by atoms with Crippen molar-refractivity contribution in [3.8, 4) is 0 Å². The van der Waals surface area contributed by atoms with Crippen molar-refractivity contribution in [2.75, 3.05) is 0 Å². The Morgan fingerprint density at radius 2 is 1.94 bits per heavy atom. The first-order valence-corrected chi connectivity index (χ1v) is 6.76. The molecule has 0 aromatic heterocycles. The molecule has 0 aliphatic heterocycles. The molecule has 0 bridgehead atoms. The molecule has 0 radical (unpaired) electrons. The van der Waals surface area contributed by atoms with Gasteiger partial charge >= 0.3 is 0 Å². The van der Waals surface area contributed by atoms with Crippen LogP contribution in [0.2, 0.25) is 0 Å². The highest BCUT2D eigenvalue weighted by molar-refractivity contribution is 7.87. The number of nitrogens with zero attached hydrogens (tertiary/aromatic N) is 1. The quantitative estimate of drug-likeness (QED) is 0.231. The van der Waals surface area contributed by atoms with Gasteiger partial charge in [0, 0.05) is 0 Å². The van der Waals surface area contributed by atoms with E-state index in [1.54, 1.807) is 0 Å².